The summed E-state index contributed by atoms with van der Waals surface area (Å²) in [6.45, 7) is 0.334. The number of carbonyl (C=O) groups excluding carboxylic acids is 1. The Kier molecular flexibility index (Phi) is 6.31. The normalized spacial score (nSPS) is 10.4. The number of carbonyl (C=O) groups is 1. The monoisotopic (exact) mass is 394 g/mol. The van der Waals surface area contributed by atoms with Gasteiger partial charge in [0.25, 0.3) is 0 Å². The molecule has 3 aromatic carbocycles. The van der Waals surface area contributed by atoms with E-state index in [1.54, 1.807) is 36.4 Å². The van der Waals surface area contributed by atoms with Crippen LogP contribution in [0.5, 0.6) is 5.75 Å². The summed E-state index contributed by atoms with van der Waals surface area (Å²) >= 11 is 0. The van der Waals surface area contributed by atoms with Crippen molar-refractivity contribution in [1.82, 2.24) is 5.32 Å². The number of methoxy groups -OCH3 is 1. The number of anilines is 1. The summed E-state index contributed by atoms with van der Waals surface area (Å²) in [7, 11) is 1.48. The van der Waals surface area contributed by atoms with Crippen molar-refractivity contribution in [2.24, 2.45) is 5.73 Å². The van der Waals surface area contributed by atoms with E-state index in [1.807, 2.05) is 29.7 Å². The number of primary amides is 1. The zero-order valence-corrected chi connectivity index (χ0v) is 15.9. The second-order valence-electron chi connectivity index (χ2n) is 6.51. The van der Waals surface area contributed by atoms with Gasteiger partial charge in [-0.05, 0) is 40.5 Å². The number of rotatable bonds is 7. The highest BCUT2D eigenvalue weighted by atomic mass is 19.1. The fraction of sp³-hybridized carbons (Fsp3) is 0.136. The number of hydrogen-bond acceptors (Lipinski definition) is 4. The first-order chi connectivity index (χ1) is 14.0. The van der Waals surface area contributed by atoms with Gasteiger partial charge in [-0.3, -0.25) is 0 Å². The van der Waals surface area contributed by atoms with Crippen LogP contribution in [0.3, 0.4) is 0 Å². The van der Waals surface area contributed by atoms with Crippen LogP contribution in [0.4, 0.5) is 14.9 Å². The van der Waals surface area contributed by atoms with Crippen molar-refractivity contribution in [2.75, 3.05) is 12.6 Å². The Bertz CT molecular complexity index is 1010. The molecule has 0 aromatic heterocycles. The molecule has 150 valence electrons. The second-order valence-corrected chi connectivity index (χ2v) is 6.51. The van der Waals surface area contributed by atoms with Crippen molar-refractivity contribution < 1.29 is 13.9 Å². The molecule has 0 saturated heterocycles. The Hall–Kier alpha value is -3.58. The molecular formula is C22H21FN3O3-. The maximum absolute atomic E-state index is 15.4. The molecule has 0 bridgehead atoms. The van der Waals surface area contributed by atoms with E-state index in [4.69, 9.17) is 10.5 Å². The highest BCUT2D eigenvalue weighted by molar-refractivity contribution is 5.75. The molecule has 0 aliphatic heterocycles. The lowest BCUT2D eigenvalue weighted by Gasteiger charge is -2.16. The van der Waals surface area contributed by atoms with Gasteiger partial charge in [-0.1, -0.05) is 42.5 Å². The first-order valence-electron chi connectivity index (χ1n) is 8.97. The number of nitrogens with two attached hydrogens (primary N) is 1. The van der Waals surface area contributed by atoms with Gasteiger partial charge in [0.1, 0.15) is 11.6 Å². The molecule has 0 aliphatic rings. The number of benzene rings is 3. The molecule has 0 fully saturated rings. The molecule has 0 atom stereocenters. The van der Waals surface area contributed by atoms with Crippen molar-refractivity contribution in [2.45, 2.75) is 13.0 Å². The van der Waals surface area contributed by atoms with Crippen LogP contribution in [0, 0.1) is 11.0 Å². The van der Waals surface area contributed by atoms with E-state index in [0.29, 0.717) is 41.1 Å². The standard InChI is InChI=1S/C22H21FN3O3/c1-29-19-10-9-17(11-14-5-7-15(8-6-14)13-25-22(24)27)21(23)20(19)16-3-2-4-18(12-16)26-28/h2-10,12,26H,11,13H2,1H3,(H3,24,25,27)/q-1. The van der Waals surface area contributed by atoms with E-state index in [2.05, 4.69) is 5.32 Å². The number of halogens is 1. The van der Waals surface area contributed by atoms with Gasteiger partial charge in [0.2, 0.25) is 0 Å². The Balaban J connectivity index is 1.89. The minimum absolute atomic E-state index is 0.310. The summed E-state index contributed by atoms with van der Waals surface area (Å²) in [5.74, 6) is -0.00552. The summed E-state index contributed by atoms with van der Waals surface area (Å²) < 4.78 is 20.7. The van der Waals surface area contributed by atoms with Crippen molar-refractivity contribution in [3.63, 3.8) is 0 Å². The largest absolute Gasteiger partial charge is 0.761 e. The van der Waals surface area contributed by atoms with E-state index in [-0.39, 0.29) is 0 Å². The van der Waals surface area contributed by atoms with E-state index in [0.717, 1.165) is 11.1 Å². The first kappa shape index (κ1) is 20.2. The lowest BCUT2D eigenvalue weighted by atomic mass is 9.96. The van der Waals surface area contributed by atoms with Gasteiger partial charge < -0.3 is 26.5 Å². The number of hydrogen-bond donors (Lipinski definition) is 3. The third-order valence-corrected chi connectivity index (χ3v) is 4.56. The maximum Gasteiger partial charge on any atom is 0.312 e. The summed E-state index contributed by atoms with van der Waals surface area (Å²) in [4.78, 5) is 10.8. The van der Waals surface area contributed by atoms with E-state index in [1.165, 1.54) is 7.11 Å². The van der Waals surface area contributed by atoms with Crippen molar-refractivity contribution in [3.8, 4) is 16.9 Å². The van der Waals surface area contributed by atoms with Gasteiger partial charge in [0.05, 0.1) is 12.7 Å². The second kappa shape index (κ2) is 9.07. The van der Waals surface area contributed by atoms with Crippen LogP contribution in [0.15, 0.2) is 60.7 Å². The highest BCUT2D eigenvalue weighted by Gasteiger charge is 2.16. The Morgan fingerprint density at radius 1 is 1.10 bits per heavy atom. The fourth-order valence-electron chi connectivity index (χ4n) is 3.10. The zero-order chi connectivity index (χ0) is 20.8. The number of ether oxygens (including phenoxy) is 1. The zero-order valence-electron chi connectivity index (χ0n) is 15.9. The predicted molar refractivity (Wildman–Crippen MR) is 111 cm³/mol. The molecule has 0 saturated carbocycles. The van der Waals surface area contributed by atoms with Gasteiger partial charge in [-0.25, -0.2) is 9.18 Å². The molecule has 29 heavy (non-hydrogen) atoms. The lowest BCUT2D eigenvalue weighted by Crippen LogP contribution is -2.28. The molecule has 0 spiro atoms. The third-order valence-electron chi connectivity index (χ3n) is 4.56. The number of urea groups is 1. The molecule has 3 rings (SSSR count). The predicted octanol–water partition coefficient (Wildman–Crippen LogP) is 4.17. The van der Waals surface area contributed by atoms with E-state index in [9.17, 15) is 10.0 Å². The van der Waals surface area contributed by atoms with Crippen LogP contribution in [0.1, 0.15) is 16.7 Å². The fourth-order valence-corrected chi connectivity index (χ4v) is 3.10. The molecule has 0 unspecified atom stereocenters. The Labute approximate surface area is 168 Å². The summed E-state index contributed by atoms with van der Waals surface area (Å²) in [5.41, 5.74) is 10.4. The average Bonchev–Trinajstić information content (AvgIpc) is 2.74. The van der Waals surface area contributed by atoms with Gasteiger partial charge in [-0.2, -0.15) is 0 Å². The summed E-state index contributed by atoms with van der Waals surface area (Å²) in [5, 5.41) is 13.5. The van der Waals surface area contributed by atoms with E-state index < -0.39 is 11.8 Å². The molecule has 4 N–H and O–H groups in total. The van der Waals surface area contributed by atoms with Gasteiger partial charge in [-0.15, -0.1) is 0 Å². The van der Waals surface area contributed by atoms with Gasteiger partial charge in [0.15, 0.2) is 0 Å². The van der Waals surface area contributed by atoms with Gasteiger partial charge in [0, 0.05) is 18.7 Å². The smallest absolute Gasteiger partial charge is 0.312 e. The van der Waals surface area contributed by atoms with Crippen molar-refractivity contribution >= 4 is 11.7 Å². The minimum Gasteiger partial charge on any atom is -0.761 e. The van der Waals surface area contributed by atoms with E-state index >= 15 is 4.39 Å². The van der Waals surface area contributed by atoms with Crippen LogP contribution in [0.2, 0.25) is 0 Å². The summed E-state index contributed by atoms with van der Waals surface area (Å²) in [6, 6.07) is 16.9. The molecule has 0 radical (unpaired) electrons. The van der Waals surface area contributed by atoms with Crippen LogP contribution in [-0.4, -0.2) is 13.1 Å². The van der Waals surface area contributed by atoms with Gasteiger partial charge >= 0.3 is 6.03 Å². The Morgan fingerprint density at radius 3 is 2.48 bits per heavy atom. The first-order valence-corrected chi connectivity index (χ1v) is 8.97. The Morgan fingerprint density at radius 2 is 1.83 bits per heavy atom. The SMILES string of the molecule is COc1ccc(Cc2ccc(CNC(N)=O)cc2)c(F)c1-c1cccc(N[O-])c1. The minimum atomic E-state index is -0.585. The van der Waals surface area contributed by atoms with Crippen LogP contribution in [0.25, 0.3) is 11.1 Å². The summed E-state index contributed by atoms with van der Waals surface area (Å²) in [6.07, 6.45) is 0.381. The van der Waals surface area contributed by atoms with Crippen LogP contribution in [-0.2, 0) is 13.0 Å². The molecule has 2 amide bonds. The lowest BCUT2D eigenvalue weighted by molar-refractivity contribution is 0.248. The highest BCUT2D eigenvalue weighted by Crippen LogP contribution is 2.36. The average molecular weight is 394 g/mol. The molecule has 0 aliphatic carbocycles. The quantitative estimate of drug-likeness (QED) is 0.524. The molecule has 3 aromatic rings. The third kappa shape index (κ3) is 4.83. The van der Waals surface area contributed by atoms with Crippen LogP contribution < -0.4 is 21.3 Å². The number of nitrogens with one attached hydrogen (secondary N) is 2. The molecule has 6 nitrogen and oxygen atoms in total. The topological polar surface area (TPSA) is 99.4 Å². The maximum atomic E-state index is 15.4. The van der Waals surface area contributed by atoms with Crippen molar-refractivity contribution in [3.05, 3.63) is 88.4 Å². The molecular weight excluding hydrogens is 373 g/mol. The number of amides is 2. The molecule has 7 heteroatoms. The molecule has 0 heterocycles. The van der Waals surface area contributed by atoms with Crippen molar-refractivity contribution in [1.29, 1.82) is 0 Å². The van der Waals surface area contributed by atoms with Crippen LogP contribution >= 0.6 is 0 Å².